The number of aromatic nitrogens is 1. The standard InChI is InChI=1S/C12H10F3N3O2/c13-12(14,15)11-7-10(16-5-6-18(19)20)8-3-1-2-4-9(8)17-11/h1-4,7H,5-6H2,(H,16,17). The summed E-state index contributed by atoms with van der Waals surface area (Å²) in [5, 5.41) is 13.4. The van der Waals surface area contributed by atoms with E-state index in [0.29, 0.717) is 5.39 Å². The van der Waals surface area contributed by atoms with Crippen molar-refractivity contribution in [2.45, 2.75) is 6.18 Å². The third-order valence-corrected chi connectivity index (χ3v) is 2.62. The molecular weight excluding hydrogens is 275 g/mol. The molecule has 5 nitrogen and oxygen atoms in total. The first-order valence-electron chi connectivity index (χ1n) is 5.70. The van der Waals surface area contributed by atoms with Gasteiger partial charge >= 0.3 is 6.18 Å². The molecule has 0 saturated carbocycles. The maximum atomic E-state index is 12.7. The van der Waals surface area contributed by atoms with E-state index in [1.54, 1.807) is 18.2 Å². The van der Waals surface area contributed by atoms with Crippen LogP contribution < -0.4 is 5.32 Å². The highest BCUT2D eigenvalue weighted by Gasteiger charge is 2.33. The quantitative estimate of drug-likeness (QED) is 0.692. The van der Waals surface area contributed by atoms with E-state index in [1.165, 1.54) is 6.07 Å². The lowest BCUT2D eigenvalue weighted by molar-refractivity contribution is -0.476. The lowest BCUT2D eigenvalue weighted by Crippen LogP contribution is -2.15. The predicted octanol–water partition coefficient (Wildman–Crippen LogP) is 2.94. The second kappa shape index (κ2) is 5.32. The van der Waals surface area contributed by atoms with Crippen molar-refractivity contribution in [3.63, 3.8) is 0 Å². The molecule has 0 fully saturated rings. The van der Waals surface area contributed by atoms with Gasteiger partial charge in [0.25, 0.3) is 0 Å². The Hall–Kier alpha value is -2.38. The van der Waals surface area contributed by atoms with Gasteiger partial charge in [-0.05, 0) is 12.1 Å². The van der Waals surface area contributed by atoms with Gasteiger partial charge in [-0.25, -0.2) is 4.98 Å². The second-order valence-corrected chi connectivity index (χ2v) is 4.05. The highest BCUT2D eigenvalue weighted by molar-refractivity contribution is 5.91. The molecule has 0 amide bonds. The van der Waals surface area contributed by atoms with Gasteiger partial charge in [0.15, 0.2) is 0 Å². The first-order valence-corrected chi connectivity index (χ1v) is 5.70. The van der Waals surface area contributed by atoms with Gasteiger partial charge in [-0.2, -0.15) is 13.2 Å². The Balaban J connectivity index is 2.41. The Morgan fingerprint density at radius 2 is 2.00 bits per heavy atom. The predicted molar refractivity (Wildman–Crippen MR) is 67.1 cm³/mol. The van der Waals surface area contributed by atoms with Gasteiger partial charge in [-0.3, -0.25) is 10.1 Å². The van der Waals surface area contributed by atoms with Crippen molar-refractivity contribution in [1.82, 2.24) is 4.98 Å². The molecule has 2 aromatic rings. The van der Waals surface area contributed by atoms with E-state index < -0.39 is 16.8 Å². The third kappa shape index (κ3) is 3.14. The Kier molecular flexibility index (Phi) is 3.73. The van der Waals surface area contributed by atoms with Crippen LogP contribution in [-0.2, 0) is 6.18 Å². The minimum Gasteiger partial charge on any atom is -0.378 e. The minimum absolute atomic E-state index is 0.0572. The molecular formula is C12H10F3N3O2. The molecule has 1 heterocycles. The van der Waals surface area contributed by atoms with Crippen molar-refractivity contribution in [2.75, 3.05) is 18.4 Å². The third-order valence-electron chi connectivity index (χ3n) is 2.62. The molecule has 20 heavy (non-hydrogen) atoms. The van der Waals surface area contributed by atoms with Crippen molar-refractivity contribution < 1.29 is 18.1 Å². The first kappa shape index (κ1) is 14.0. The number of benzene rings is 1. The van der Waals surface area contributed by atoms with Crippen LogP contribution in [0, 0.1) is 10.1 Å². The van der Waals surface area contributed by atoms with Gasteiger partial charge in [0.2, 0.25) is 6.54 Å². The van der Waals surface area contributed by atoms with Crippen LogP contribution >= 0.6 is 0 Å². The van der Waals surface area contributed by atoms with Crippen LogP contribution in [-0.4, -0.2) is 23.0 Å². The second-order valence-electron chi connectivity index (χ2n) is 4.05. The fourth-order valence-electron chi connectivity index (χ4n) is 1.75. The van der Waals surface area contributed by atoms with E-state index >= 15 is 0 Å². The van der Waals surface area contributed by atoms with Crippen LogP contribution in [0.5, 0.6) is 0 Å². The Morgan fingerprint density at radius 1 is 1.30 bits per heavy atom. The smallest absolute Gasteiger partial charge is 0.378 e. The molecule has 0 saturated heterocycles. The number of hydrogen-bond acceptors (Lipinski definition) is 4. The molecule has 0 bridgehead atoms. The fraction of sp³-hybridized carbons (Fsp3) is 0.250. The van der Waals surface area contributed by atoms with Gasteiger partial charge < -0.3 is 5.32 Å². The number of alkyl halides is 3. The molecule has 1 aromatic heterocycles. The highest BCUT2D eigenvalue weighted by atomic mass is 19.4. The van der Waals surface area contributed by atoms with E-state index in [0.717, 1.165) is 6.07 Å². The summed E-state index contributed by atoms with van der Waals surface area (Å²) in [4.78, 5) is 13.3. The number of para-hydroxylation sites is 1. The summed E-state index contributed by atoms with van der Waals surface area (Å²) in [6, 6.07) is 7.18. The van der Waals surface area contributed by atoms with Gasteiger partial charge in [0, 0.05) is 16.0 Å². The topological polar surface area (TPSA) is 68.1 Å². The van der Waals surface area contributed by atoms with Crippen molar-refractivity contribution in [3.05, 3.63) is 46.1 Å². The molecule has 0 aliphatic rings. The van der Waals surface area contributed by atoms with E-state index in [4.69, 9.17) is 0 Å². The van der Waals surface area contributed by atoms with Crippen LogP contribution in [0.4, 0.5) is 18.9 Å². The molecule has 1 aromatic carbocycles. The number of fused-ring (bicyclic) bond motifs is 1. The van der Waals surface area contributed by atoms with Crippen molar-refractivity contribution >= 4 is 16.6 Å². The van der Waals surface area contributed by atoms with Crippen LogP contribution in [0.1, 0.15) is 5.69 Å². The zero-order chi connectivity index (χ0) is 14.8. The monoisotopic (exact) mass is 285 g/mol. The zero-order valence-corrected chi connectivity index (χ0v) is 10.1. The summed E-state index contributed by atoms with van der Waals surface area (Å²) in [7, 11) is 0. The van der Waals surface area contributed by atoms with Gasteiger partial charge in [0.1, 0.15) is 5.69 Å². The zero-order valence-electron chi connectivity index (χ0n) is 10.1. The Labute approximate surface area is 111 Å². The van der Waals surface area contributed by atoms with Crippen LogP contribution in [0.25, 0.3) is 10.9 Å². The SMILES string of the molecule is O=[N+]([O-])CCNc1cc(C(F)(F)F)nc2ccccc12. The van der Waals surface area contributed by atoms with Gasteiger partial charge in [-0.15, -0.1) is 0 Å². The highest BCUT2D eigenvalue weighted by Crippen LogP contribution is 2.32. The molecule has 0 atom stereocenters. The number of anilines is 1. The molecule has 0 aliphatic heterocycles. The lowest BCUT2D eigenvalue weighted by atomic mass is 10.1. The Bertz CT molecular complexity index is 643. The van der Waals surface area contributed by atoms with Gasteiger partial charge in [0.05, 0.1) is 12.1 Å². The summed E-state index contributed by atoms with van der Waals surface area (Å²) >= 11 is 0. The molecule has 0 aliphatic carbocycles. The maximum Gasteiger partial charge on any atom is 0.433 e. The summed E-state index contributed by atoms with van der Waals surface area (Å²) in [5.74, 6) is 0. The van der Waals surface area contributed by atoms with Crippen molar-refractivity contribution in [2.24, 2.45) is 0 Å². The average molecular weight is 285 g/mol. The minimum atomic E-state index is -4.57. The molecule has 2 rings (SSSR count). The van der Waals surface area contributed by atoms with Crippen LogP contribution in [0.3, 0.4) is 0 Å². The number of rotatable bonds is 4. The maximum absolute atomic E-state index is 12.7. The van der Waals surface area contributed by atoms with E-state index in [1.807, 2.05) is 0 Å². The molecule has 1 N–H and O–H groups in total. The summed E-state index contributed by atoms with van der Waals surface area (Å²) in [5.41, 5.74) is -0.657. The number of nitro groups is 1. The number of pyridine rings is 1. The van der Waals surface area contributed by atoms with Crippen molar-refractivity contribution in [3.8, 4) is 0 Å². The van der Waals surface area contributed by atoms with E-state index in [-0.39, 0.29) is 24.3 Å². The summed E-state index contributed by atoms with van der Waals surface area (Å²) < 4.78 is 38.2. The number of nitrogens with zero attached hydrogens (tertiary/aromatic N) is 2. The van der Waals surface area contributed by atoms with E-state index in [9.17, 15) is 23.3 Å². The number of hydrogen-bond donors (Lipinski definition) is 1. The summed E-state index contributed by atoms with van der Waals surface area (Å²) in [6.07, 6.45) is -4.57. The van der Waals surface area contributed by atoms with Gasteiger partial charge in [-0.1, -0.05) is 18.2 Å². The molecule has 0 spiro atoms. The molecule has 0 radical (unpaired) electrons. The lowest BCUT2D eigenvalue weighted by Gasteiger charge is -2.12. The number of nitrogens with one attached hydrogen (secondary N) is 1. The molecule has 106 valence electrons. The van der Waals surface area contributed by atoms with Crippen LogP contribution in [0.2, 0.25) is 0 Å². The fourth-order valence-corrected chi connectivity index (χ4v) is 1.75. The number of halogens is 3. The first-order chi connectivity index (χ1) is 9.38. The average Bonchev–Trinajstić information content (AvgIpc) is 2.37. The molecule has 8 heteroatoms. The molecule has 0 unspecified atom stereocenters. The summed E-state index contributed by atoms with van der Waals surface area (Å²) in [6.45, 7) is -0.434. The normalized spacial score (nSPS) is 11.6. The largest absolute Gasteiger partial charge is 0.433 e. The van der Waals surface area contributed by atoms with Crippen LogP contribution in [0.15, 0.2) is 30.3 Å². The van der Waals surface area contributed by atoms with Crippen molar-refractivity contribution in [1.29, 1.82) is 0 Å². The van der Waals surface area contributed by atoms with E-state index in [2.05, 4.69) is 10.3 Å². The Morgan fingerprint density at radius 3 is 2.65 bits per heavy atom.